The number of hydrogen-bond acceptors (Lipinski definition) is 2. The molecule has 0 atom stereocenters. The fraction of sp³-hybridized carbons (Fsp3) is 0.211. The Morgan fingerprint density at radius 3 is 2.73 bits per heavy atom. The van der Waals surface area contributed by atoms with E-state index in [-0.39, 0.29) is 0 Å². The number of carbonyl (C=O) groups is 1. The highest BCUT2D eigenvalue weighted by molar-refractivity contribution is 5.89. The van der Waals surface area contributed by atoms with Crippen LogP contribution in [0.5, 0.6) is 0 Å². The largest absolute Gasteiger partial charge is 0.438 e. The number of benzene rings is 2. The van der Waals surface area contributed by atoms with Crippen LogP contribution in [0.3, 0.4) is 0 Å². The zero-order valence-corrected chi connectivity index (χ0v) is 12.6. The lowest BCUT2D eigenvalue weighted by atomic mass is 9.91. The summed E-state index contributed by atoms with van der Waals surface area (Å²) >= 11 is 0. The van der Waals surface area contributed by atoms with E-state index in [1.54, 1.807) is 0 Å². The van der Waals surface area contributed by atoms with Crippen molar-refractivity contribution < 1.29 is 9.53 Å². The van der Waals surface area contributed by atoms with Gasteiger partial charge in [-0.3, -0.25) is 5.32 Å². The monoisotopic (exact) mass is 291 g/mol. The molecule has 3 nitrogen and oxygen atoms in total. The first kappa shape index (κ1) is 14.2. The second kappa shape index (κ2) is 5.23. The molecule has 1 N–H and O–H groups in total. The molecule has 0 unspecified atom stereocenters. The van der Waals surface area contributed by atoms with E-state index in [4.69, 9.17) is 11.2 Å². The van der Waals surface area contributed by atoms with Crippen LogP contribution >= 0.6 is 0 Å². The minimum atomic E-state index is -0.649. The lowest BCUT2D eigenvalue weighted by molar-refractivity contribution is 0.0421. The van der Waals surface area contributed by atoms with Crippen molar-refractivity contribution in [1.29, 1.82) is 0 Å². The molecule has 0 saturated heterocycles. The zero-order valence-electron chi connectivity index (χ0n) is 12.6. The van der Waals surface area contributed by atoms with Gasteiger partial charge in [0.05, 0.1) is 5.69 Å². The molecule has 110 valence electrons. The summed E-state index contributed by atoms with van der Waals surface area (Å²) in [5, 5.41) is 2.74. The van der Waals surface area contributed by atoms with Crippen molar-refractivity contribution in [2.24, 2.45) is 0 Å². The van der Waals surface area contributed by atoms with E-state index >= 15 is 0 Å². The van der Waals surface area contributed by atoms with Crippen LogP contribution in [-0.4, -0.2) is 6.09 Å². The summed E-state index contributed by atoms with van der Waals surface area (Å²) in [6.45, 7) is 3.78. The van der Waals surface area contributed by atoms with Gasteiger partial charge >= 0.3 is 6.09 Å². The van der Waals surface area contributed by atoms with E-state index in [1.807, 2.05) is 38.1 Å². The molecule has 0 bridgehead atoms. The number of anilines is 1. The molecule has 1 aliphatic heterocycles. The van der Waals surface area contributed by atoms with E-state index in [1.165, 1.54) is 0 Å². The maximum Gasteiger partial charge on any atom is 0.412 e. The molecule has 1 heterocycles. The van der Waals surface area contributed by atoms with Gasteiger partial charge in [0.2, 0.25) is 0 Å². The highest BCUT2D eigenvalue weighted by Crippen LogP contribution is 2.38. The average Bonchev–Trinajstić information content (AvgIpc) is 2.47. The molecule has 1 amide bonds. The van der Waals surface area contributed by atoms with E-state index in [2.05, 4.69) is 29.4 Å². The smallest absolute Gasteiger partial charge is 0.412 e. The predicted octanol–water partition coefficient (Wildman–Crippen LogP) is 4.33. The Kier molecular flexibility index (Phi) is 3.38. The maximum atomic E-state index is 11.6. The Labute approximate surface area is 130 Å². The Hall–Kier alpha value is -2.73. The van der Waals surface area contributed by atoms with Crippen LogP contribution in [0.15, 0.2) is 42.5 Å². The maximum absolute atomic E-state index is 11.6. The number of hydrogen-bond donors (Lipinski definition) is 1. The van der Waals surface area contributed by atoms with Crippen molar-refractivity contribution in [3.8, 4) is 23.5 Å². The molecule has 0 aromatic heterocycles. The van der Waals surface area contributed by atoms with Gasteiger partial charge in [-0.1, -0.05) is 30.3 Å². The summed E-state index contributed by atoms with van der Waals surface area (Å²) in [6.07, 6.45) is 5.58. The number of ether oxygens (including phenoxy) is 1. The highest BCUT2D eigenvalue weighted by atomic mass is 16.6. The van der Waals surface area contributed by atoms with Crippen molar-refractivity contribution >= 4 is 11.8 Å². The Bertz CT molecular complexity index is 784. The second-order valence-corrected chi connectivity index (χ2v) is 5.87. The molecular weight excluding hydrogens is 274 g/mol. The molecule has 0 saturated carbocycles. The van der Waals surface area contributed by atoms with Gasteiger partial charge in [0.25, 0.3) is 0 Å². The first-order valence-corrected chi connectivity index (χ1v) is 7.17. The summed E-state index contributed by atoms with van der Waals surface area (Å²) < 4.78 is 5.38. The van der Waals surface area contributed by atoms with E-state index in [0.717, 1.165) is 27.9 Å². The fourth-order valence-corrected chi connectivity index (χ4v) is 2.73. The van der Waals surface area contributed by atoms with Crippen LogP contribution in [0.2, 0.25) is 0 Å². The SMILES string of the molecule is C#CCc1cccc(-c2ccc3c(c2)C(C)(C)OC(=O)N3)c1. The van der Waals surface area contributed by atoms with E-state index in [0.29, 0.717) is 6.42 Å². The lowest BCUT2D eigenvalue weighted by Gasteiger charge is -2.32. The molecule has 3 heteroatoms. The summed E-state index contributed by atoms with van der Waals surface area (Å²) in [5.41, 5.74) is 4.40. The zero-order chi connectivity index (χ0) is 15.7. The third kappa shape index (κ3) is 2.56. The van der Waals surface area contributed by atoms with Gasteiger partial charge in [-0.25, -0.2) is 4.79 Å². The molecule has 3 rings (SSSR count). The quantitative estimate of drug-likeness (QED) is 0.836. The van der Waals surface area contributed by atoms with Gasteiger partial charge in [0.1, 0.15) is 5.60 Å². The Morgan fingerprint density at radius 2 is 1.95 bits per heavy atom. The average molecular weight is 291 g/mol. The summed E-state index contributed by atoms with van der Waals surface area (Å²) in [5.74, 6) is 2.66. The molecular formula is C19H17NO2. The predicted molar refractivity (Wildman–Crippen MR) is 87.5 cm³/mol. The van der Waals surface area contributed by atoms with Crippen molar-refractivity contribution in [1.82, 2.24) is 0 Å². The minimum Gasteiger partial charge on any atom is -0.438 e. The highest BCUT2D eigenvalue weighted by Gasteiger charge is 2.33. The van der Waals surface area contributed by atoms with Gasteiger partial charge in [0, 0.05) is 12.0 Å². The van der Waals surface area contributed by atoms with E-state index in [9.17, 15) is 4.79 Å². The third-order valence-electron chi connectivity index (χ3n) is 3.82. The normalized spacial score (nSPS) is 15.2. The number of amides is 1. The van der Waals surface area contributed by atoms with Gasteiger partial charge in [-0.05, 0) is 42.7 Å². The number of rotatable bonds is 2. The number of cyclic esters (lactones) is 1. The Balaban J connectivity index is 2.06. The van der Waals surface area contributed by atoms with Crippen molar-refractivity contribution in [3.63, 3.8) is 0 Å². The number of terminal acetylenes is 1. The summed E-state index contributed by atoms with van der Waals surface area (Å²) in [7, 11) is 0. The van der Waals surface area contributed by atoms with Crippen LogP contribution in [0, 0.1) is 12.3 Å². The fourth-order valence-electron chi connectivity index (χ4n) is 2.73. The minimum absolute atomic E-state index is 0.415. The van der Waals surface area contributed by atoms with Crippen LogP contribution in [0.25, 0.3) is 11.1 Å². The summed E-state index contributed by atoms with van der Waals surface area (Å²) in [6, 6.07) is 14.1. The van der Waals surface area contributed by atoms with Crippen molar-refractivity contribution in [2.45, 2.75) is 25.9 Å². The molecule has 1 aliphatic rings. The Morgan fingerprint density at radius 1 is 1.18 bits per heavy atom. The standard InChI is InChI=1S/C19H17NO2/c1-4-6-13-7-5-8-14(11-13)15-9-10-17-16(12-15)19(2,3)22-18(21)20-17/h1,5,7-12H,6H2,2-3H3,(H,20,21). The van der Waals surface area contributed by atoms with Crippen LogP contribution in [0.1, 0.15) is 25.0 Å². The van der Waals surface area contributed by atoms with Gasteiger partial charge in [-0.15, -0.1) is 12.3 Å². The number of fused-ring (bicyclic) bond motifs is 1. The molecule has 2 aromatic carbocycles. The second-order valence-electron chi connectivity index (χ2n) is 5.87. The number of nitrogens with one attached hydrogen (secondary N) is 1. The lowest BCUT2D eigenvalue weighted by Crippen LogP contribution is -2.34. The molecule has 0 aliphatic carbocycles. The molecule has 2 aromatic rings. The van der Waals surface area contributed by atoms with Crippen molar-refractivity contribution in [3.05, 3.63) is 53.6 Å². The summed E-state index contributed by atoms with van der Waals surface area (Å²) in [4.78, 5) is 11.6. The molecule has 0 radical (unpaired) electrons. The van der Waals surface area contributed by atoms with Gasteiger partial charge < -0.3 is 4.74 Å². The first-order valence-electron chi connectivity index (χ1n) is 7.17. The first-order chi connectivity index (χ1) is 10.5. The number of carbonyl (C=O) groups excluding carboxylic acids is 1. The van der Waals surface area contributed by atoms with Crippen molar-refractivity contribution in [2.75, 3.05) is 5.32 Å². The topological polar surface area (TPSA) is 38.3 Å². The third-order valence-corrected chi connectivity index (χ3v) is 3.82. The van der Waals surface area contributed by atoms with Crippen LogP contribution < -0.4 is 5.32 Å². The van der Waals surface area contributed by atoms with Gasteiger partial charge in [0.15, 0.2) is 0 Å². The van der Waals surface area contributed by atoms with E-state index < -0.39 is 11.7 Å². The van der Waals surface area contributed by atoms with Gasteiger partial charge in [-0.2, -0.15) is 0 Å². The molecule has 0 spiro atoms. The van der Waals surface area contributed by atoms with Crippen LogP contribution in [0.4, 0.5) is 10.5 Å². The molecule has 22 heavy (non-hydrogen) atoms. The van der Waals surface area contributed by atoms with Crippen LogP contribution in [-0.2, 0) is 16.8 Å². The molecule has 0 fully saturated rings.